The van der Waals surface area contributed by atoms with Gasteiger partial charge >= 0.3 is 0 Å². The molecule has 0 saturated heterocycles. The summed E-state index contributed by atoms with van der Waals surface area (Å²) < 4.78 is 5.30. The van der Waals surface area contributed by atoms with Gasteiger partial charge in [0.15, 0.2) is 5.58 Å². The van der Waals surface area contributed by atoms with E-state index in [2.05, 4.69) is 18.1 Å². The second-order valence-corrected chi connectivity index (χ2v) is 4.56. The summed E-state index contributed by atoms with van der Waals surface area (Å²) >= 11 is 6.15. The highest BCUT2D eigenvalue weighted by molar-refractivity contribution is 6.35. The van der Waals surface area contributed by atoms with Crippen LogP contribution in [0.5, 0.6) is 0 Å². The van der Waals surface area contributed by atoms with Crippen LogP contribution >= 0.6 is 11.6 Å². The maximum Gasteiger partial charge on any atom is 0.185 e. The highest BCUT2D eigenvalue weighted by atomic mass is 35.5. The number of nitrogens with zero attached hydrogens (tertiary/aromatic N) is 1. The van der Waals surface area contributed by atoms with Gasteiger partial charge in [-0.3, -0.25) is 0 Å². The number of hydrogen-bond acceptors (Lipinski definition) is 2. The summed E-state index contributed by atoms with van der Waals surface area (Å²) in [7, 11) is 0. The predicted molar refractivity (Wildman–Crippen MR) is 71.7 cm³/mol. The Labute approximate surface area is 107 Å². The SMILES string of the molecule is CC.CCc1cc(Cl)c2onc(C3CC3)c2c1. The van der Waals surface area contributed by atoms with Crippen LogP contribution in [0.4, 0.5) is 0 Å². The molecular formula is C14H18ClNO. The molecule has 3 heteroatoms. The molecule has 0 bridgehead atoms. The van der Waals surface area contributed by atoms with E-state index in [0.717, 1.165) is 23.1 Å². The van der Waals surface area contributed by atoms with Crippen molar-refractivity contribution < 1.29 is 4.52 Å². The van der Waals surface area contributed by atoms with Crippen molar-refractivity contribution in [1.82, 2.24) is 5.16 Å². The van der Waals surface area contributed by atoms with Crippen LogP contribution in [0.2, 0.25) is 5.02 Å². The molecule has 1 fully saturated rings. The summed E-state index contributed by atoms with van der Waals surface area (Å²) in [5.41, 5.74) is 3.09. The van der Waals surface area contributed by atoms with Crippen LogP contribution in [0.3, 0.4) is 0 Å². The van der Waals surface area contributed by atoms with Crippen LogP contribution in [0.25, 0.3) is 11.0 Å². The molecule has 0 aliphatic heterocycles. The van der Waals surface area contributed by atoms with Gasteiger partial charge in [0.2, 0.25) is 0 Å². The van der Waals surface area contributed by atoms with E-state index in [1.165, 1.54) is 18.4 Å². The minimum Gasteiger partial charge on any atom is -0.354 e. The van der Waals surface area contributed by atoms with Crippen molar-refractivity contribution in [2.45, 2.75) is 46.0 Å². The van der Waals surface area contributed by atoms with Gasteiger partial charge in [-0.2, -0.15) is 0 Å². The molecule has 0 spiro atoms. The first-order valence-corrected chi connectivity index (χ1v) is 6.75. The van der Waals surface area contributed by atoms with Crippen LogP contribution in [0.1, 0.15) is 50.8 Å². The molecule has 0 radical (unpaired) electrons. The molecule has 0 amide bonds. The lowest BCUT2D eigenvalue weighted by atomic mass is 10.1. The molecule has 0 unspecified atom stereocenters. The molecule has 17 heavy (non-hydrogen) atoms. The second-order valence-electron chi connectivity index (χ2n) is 4.15. The molecule has 92 valence electrons. The standard InChI is InChI=1S/C12H12ClNO.C2H6/c1-2-7-5-9-11(8-3-4-8)14-15-12(9)10(13)6-7;1-2/h5-6,8H,2-4H2,1H3;1-2H3. The zero-order chi connectivity index (χ0) is 12.4. The summed E-state index contributed by atoms with van der Waals surface area (Å²) in [4.78, 5) is 0. The summed E-state index contributed by atoms with van der Waals surface area (Å²) in [6.45, 7) is 6.13. The summed E-state index contributed by atoms with van der Waals surface area (Å²) in [6, 6.07) is 4.12. The van der Waals surface area contributed by atoms with Crippen LogP contribution in [0.15, 0.2) is 16.7 Å². The van der Waals surface area contributed by atoms with Crippen LogP contribution in [0, 0.1) is 0 Å². The topological polar surface area (TPSA) is 26.0 Å². The zero-order valence-electron chi connectivity index (χ0n) is 10.6. The monoisotopic (exact) mass is 251 g/mol. The fourth-order valence-electron chi connectivity index (χ4n) is 1.93. The molecule has 1 heterocycles. The van der Waals surface area contributed by atoms with Crippen molar-refractivity contribution in [2.75, 3.05) is 0 Å². The van der Waals surface area contributed by atoms with E-state index in [-0.39, 0.29) is 0 Å². The number of fused-ring (bicyclic) bond motifs is 1. The van der Waals surface area contributed by atoms with E-state index >= 15 is 0 Å². The van der Waals surface area contributed by atoms with Crippen molar-refractivity contribution in [3.8, 4) is 0 Å². The number of benzene rings is 1. The Hall–Kier alpha value is -1.02. The van der Waals surface area contributed by atoms with E-state index in [9.17, 15) is 0 Å². The Balaban J connectivity index is 0.000000514. The molecule has 2 nitrogen and oxygen atoms in total. The van der Waals surface area contributed by atoms with Crippen molar-refractivity contribution in [2.24, 2.45) is 0 Å². The minimum absolute atomic E-state index is 0.606. The molecule has 3 rings (SSSR count). The molecule has 1 aromatic carbocycles. The Kier molecular flexibility index (Phi) is 3.72. The molecule has 1 aromatic heterocycles. The van der Waals surface area contributed by atoms with Gasteiger partial charge in [0.05, 0.1) is 10.7 Å². The molecule has 0 N–H and O–H groups in total. The van der Waals surface area contributed by atoms with Crippen LogP contribution in [-0.4, -0.2) is 5.16 Å². The Morgan fingerprint density at radius 3 is 2.65 bits per heavy atom. The van der Waals surface area contributed by atoms with Gasteiger partial charge in [0, 0.05) is 11.3 Å². The Morgan fingerprint density at radius 2 is 2.06 bits per heavy atom. The minimum atomic E-state index is 0.606. The lowest BCUT2D eigenvalue weighted by molar-refractivity contribution is 0.446. The Morgan fingerprint density at radius 1 is 1.35 bits per heavy atom. The van der Waals surface area contributed by atoms with Gasteiger partial charge in [-0.05, 0) is 37.0 Å². The average Bonchev–Trinajstić information content (AvgIpc) is 3.12. The summed E-state index contributed by atoms with van der Waals surface area (Å²) in [5.74, 6) is 0.606. The van der Waals surface area contributed by atoms with E-state index < -0.39 is 0 Å². The zero-order valence-corrected chi connectivity index (χ0v) is 11.3. The highest BCUT2D eigenvalue weighted by Gasteiger charge is 2.29. The lowest BCUT2D eigenvalue weighted by Crippen LogP contribution is -1.83. The Bertz CT molecular complexity index is 514. The first kappa shape index (κ1) is 12.4. The first-order valence-electron chi connectivity index (χ1n) is 6.37. The molecule has 1 aliphatic rings. The summed E-state index contributed by atoms with van der Waals surface area (Å²) in [6.07, 6.45) is 3.45. The van der Waals surface area contributed by atoms with Gasteiger partial charge in [-0.25, -0.2) is 0 Å². The van der Waals surface area contributed by atoms with E-state index in [1.54, 1.807) is 0 Å². The van der Waals surface area contributed by atoms with E-state index in [4.69, 9.17) is 16.1 Å². The fourth-order valence-corrected chi connectivity index (χ4v) is 2.21. The van der Waals surface area contributed by atoms with Crippen molar-refractivity contribution >= 4 is 22.6 Å². The van der Waals surface area contributed by atoms with Crippen molar-refractivity contribution in [1.29, 1.82) is 0 Å². The third-order valence-corrected chi connectivity index (χ3v) is 3.27. The van der Waals surface area contributed by atoms with Gasteiger partial charge < -0.3 is 4.52 Å². The first-order chi connectivity index (χ1) is 8.29. The average molecular weight is 252 g/mol. The van der Waals surface area contributed by atoms with Crippen LogP contribution < -0.4 is 0 Å². The van der Waals surface area contributed by atoms with E-state index in [1.807, 2.05) is 19.9 Å². The predicted octanol–water partition coefficient (Wildman–Crippen LogP) is 4.95. The van der Waals surface area contributed by atoms with Gasteiger partial charge in [-0.15, -0.1) is 0 Å². The van der Waals surface area contributed by atoms with E-state index in [0.29, 0.717) is 10.9 Å². The molecular weight excluding hydrogens is 234 g/mol. The third kappa shape index (κ3) is 2.32. The number of halogens is 1. The van der Waals surface area contributed by atoms with Gasteiger partial charge in [0.25, 0.3) is 0 Å². The van der Waals surface area contributed by atoms with Crippen LogP contribution in [-0.2, 0) is 6.42 Å². The number of rotatable bonds is 2. The van der Waals surface area contributed by atoms with Crippen molar-refractivity contribution in [3.05, 3.63) is 28.4 Å². The smallest absolute Gasteiger partial charge is 0.185 e. The quantitative estimate of drug-likeness (QED) is 0.755. The maximum atomic E-state index is 6.15. The third-order valence-electron chi connectivity index (χ3n) is 2.99. The van der Waals surface area contributed by atoms with Crippen molar-refractivity contribution in [3.63, 3.8) is 0 Å². The van der Waals surface area contributed by atoms with Gasteiger partial charge in [0.1, 0.15) is 0 Å². The summed E-state index contributed by atoms with van der Waals surface area (Å²) in [5, 5.41) is 5.93. The van der Waals surface area contributed by atoms with Gasteiger partial charge in [-0.1, -0.05) is 37.5 Å². The fraction of sp³-hybridized carbons (Fsp3) is 0.500. The molecule has 2 aromatic rings. The lowest BCUT2D eigenvalue weighted by Gasteiger charge is -1.98. The largest absolute Gasteiger partial charge is 0.354 e. The number of aromatic nitrogens is 1. The number of aryl methyl sites for hydroxylation is 1. The molecule has 1 aliphatic carbocycles. The maximum absolute atomic E-state index is 6.15. The molecule has 0 atom stereocenters. The normalized spacial score (nSPS) is 14.6. The number of hydrogen-bond donors (Lipinski definition) is 0. The second kappa shape index (κ2) is 5.09. The molecule has 1 saturated carbocycles. The highest BCUT2D eigenvalue weighted by Crippen LogP contribution is 2.43.